The Morgan fingerprint density at radius 1 is 0.962 bits per heavy atom. The molecule has 0 aliphatic carbocycles. The number of aryl methyl sites for hydroxylation is 2. The number of nitrogens with one attached hydrogen (secondary N) is 1. The van der Waals surface area contributed by atoms with E-state index in [-0.39, 0.29) is 12.0 Å². The molecule has 0 unspecified atom stereocenters. The molecule has 0 bridgehead atoms. The first kappa shape index (κ1) is 19.5. The van der Waals surface area contributed by atoms with Crippen LogP contribution in [-0.4, -0.2) is 24.1 Å². The minimum Gasteiger partial charge on any atom is -0.491 e. The standard InChI is InChI=1S/C21H25NO4/c1-13(2)25-18-9-7-17(8-10-18)21(24)26-16(5)20(23)22-19-11-6-14(3)12-15(19)4/h6-13,16H,1-5H3,(H,22,23)/t16-/m0/s1. The van der Waals surface area contributed by atoms with Gasteiger partial charge in [0.25, 0.3) is 5.91 Å². The van der Waals surface area contributed by atoms with Crippen LogP contribution >= 0.6 is 0 Å². The Labute approximate surface area is 154 Å². The number of carbonyl (C=O) groups is 2. The maximum absolute atomic E-state index is 12.3. The van der Waals surface area contributed by atoms with Gasteiger partial charge < -0.3 is 14.8 Å². The number of esters is 1. The zero-order chi connectivity index (χ0) is 19.3. The van der Waals surface area contributed by atoms with Gasteiger partial charge >= 0.3 is 5.97 Å². The van der Waals surface area contributed by atoms with Crippen molar-refractivity contribution in [2.75, 3.05) is 5.32 Å². The lowest BCUT2D eigenvalue weighted by atomic mass is 10.1. The largest absolute Gasteiger partial charge is 0.491 e. The summed E-state index contributed by atoms with van der Waals surface area (Å²) in [5.74, 6) is -0.244. The third kappa shape index (κ3) is 5.34. The fourth-order valence-electron chi connectivity index (χ4n) is 2.41. The Bertz CT molecular complexity index is 781. The molecule has 0 fully saturated rings. The Morgan fingerprint density at radius 3 is 2.19 bits per heavy atom. The van der Waals surface area contributed by atoms with Crippen LogP contribution in [0.15, 0.2) is 42.5 Å². The molecule has 138 valence electrons. The van der Waals surface area contributed by atoms with Crippen LogP contribution in [0.1, 0.15) is 42.3 Å². The Kier molecular flexibility index (Phi) is 6.39. The molecule has 5 nitrogen and oxygen atoms in total. The molecule has 0 spiro atoms. The molecule has 1 N–H and O–H groups in total. The molecule has 0 aliphatic heterocycles. The van der Waals surface area contributed by atoms with Gasteiger partial charge in [-0.3, -0.25) is 4.79 Å². The highest BCUT2D eigenvalue weighted by Crippen LogP contribution is 2.18. The number of anilines is 1. The van der Waals surface area contributed by atoms with Crippen LogP contribution in [-0.2, 0) is 9.53 Å². The number of hydrogen-bond donors (Lipinski definition) is 1. The number of ether oxygens (including phenoxy) is 2. The van der Waals surface area contributed by atoms with E-state index in [0.717, 1.165) is 11.1 Å². The van der Waals surface area contributed by atoms with E-state index < -0.39 is 12.1 Å². The number of rotatable bonds is 6. The van der Waals surface area contributed by atoms with E-state index in [2.05, 4.69) is 5.32 Å². The fourth-order valence-corrected chi connectivity index (χ4v) is 2.41. The molecule has 1 atom stereocenters. The van der Waals surface area contributed by atoms with E-state index in [4.69, 9.17) is 9.47 Å². The summed E-state index contributed by atoms with van der Waals surface area (Å²) in [7, 11) is 0. The first-order valence-corrected chi connectivity index (χ1v) is 8.62. The Hall–Kier alpha value is -2.82. The van der Waals surface area contributed by atoms with Crippen molar-refractivity contribution in [3.8, 4) is 5.75 Å². The predicted molar refractivity (Wildman–Crippen MR) is 102 cm³/mol. The molecule has 0 aliphatic rings. The van der Waals surface area contributed by atoms with E-state index in [1.807, 2.05) is 45.9 Å². The predicted octanol–water partition coefficient (Wildman–Crippen LogP) is 4.27. The SMILES string of the molecule is Cc1ccc(NC(=O)[C@H](C)OC(=O)c2ccc(OC(C)C)cc2)c(C)c1. The van der Waals surface area contributed by atoms with Gasteiger partial charge in [-0.15, -0.1) is 0 Å². The third-order valence-corrected chi connectivity index (χ3v) is 3.75. The summed E-state index contributed by atoms with van der Waals surface area (Å²) >= 11 is 0. The molecule has 26 heavy (non-hydrogen) atoms. The summed E-state index contributed by atoms with van der Waals surface area (Å²) in [5.41, 5.74) is 3.15. The van der Waals surface area contributed by atoms with Crippen molar-refractivity contribution in [2.24, 2.45) is 0 Å². The maximum atomic E-state index is 12.3. The summed E-state index contributed by atoms with van der Waals surface area (Å²) in [4.78, 5) is 24.5. The molecule has 0 saturated carbocycles. The molecule has 0 aromatic heterocycles. The fraction of sp³-hybridized carbons (Fsp3) is 0.333. The van der Waals surface area contributed by atoms with Gasteiger partial charge in [0.1, 0.15) is 5.75 Å². The van der Waals surface area contributed by atoms with Crippen LogP contribution in [0, 0.1) is 13.8 Å². The topological polar surface area (TPSA) is 64.6 Å². The van der Waals surface area contributed by atoms with Gasteiger partial charge in [-0.2, -0.15) is 0 Å². The summed E-state index contributed by atoms with van der Waals surface area (Å²) < 4.78 is 10.8. The average molecular weight is 355 g/mol. The molecule has 2 rings (SSSR count). The van der Waals surface area contributed by atoms with E-state index in [1.165, 1.54) is 0 Å². The number of hydrogen-bond acceptors (Lipinski definition) is 4. The molecule has 5 heteroatoms. The molecule has 0 radical (unpaired) electrons. The highest BCUT2D eigenvalue weighted by atomic mass is 16.5. The Morgan fingerprint density at radius 2 is 1.62 bits per heavy atom. The van der Waals surface area contributed by atoms with Crippen LogP contribution in [0.3, 0.4) is 0 Å². The van der Waals surface area contributed by atoms with E-state index in [0.29, 0.717) is 17.0 Å². The van der Waals surface area contributed by atoms with Crippen molar-refractivity contribution in [3.05, 3.63) is 59.2 Å². The highest BCUT2D eigenvalue weighted by molar-refractivity contribution is 5.97. The summed E-state index contributed by atoms with van der Waals surface area (Å²) in [5, 5.41) is 2.79. The van der Waals surface area contributed by atoms with Crippen molar-refractivity contribution in [2.45, 2.75) is 46.8 Å². The molecular weight excluding hydrogens is 330 g/mol. The van der Waals surface area contributed by atoms with Gasteiger partial charge in [-0.1, -0.05) is 17.7 Å². The minimum atomic E-state index is -0.908. The van der Waals surface area contributed by atoms with Crippen molar-refractivity contribution < 1.29 is 19.1 Å². The van der Waals surface area contributed by atoms with E-state index >= 15 is 0 Å². The third-order valence-electron chi connectivity index (χ3n) is 3.75. The molecule has 2 aromatic rings. The lowest BCUT2D eigenvalue weighted by molar-refractivity contribution is -0.123. The number of carbonyl (C=O) groups excluding carboxylic acids is 2. The van der Waals surface area contributed by atoms with Crippen LogP contribution in [0.4, 0.5) is 5.69 Å². The van der Waals surface area contributed by atoms with Crippen LogP contribution in [0.25, 0.3) is 0 Å². The van der Waals surface area contributed by atoms with Gasteiger partial charge in [-0.25, -0.2) is 4.79 Å². The first-order valence-electron chi connectivity index (χ1n) is 8.62. The van der Waals surface area contributed by atoms with Gasteiger partial charge in [0.2, 0.25) is 0 Å². The van der Waals surface area contributed by atoms with Gasteiger partial charge in [0, 0.05) is 5.69 Å². The van der Waals surface area contributed by atoms with E-state index in [1.54, 1.807) is 31.2 Å². The Balaban J connectivity index is 1.96. The van der Waals surface area contributed by atoms with Crippen molar-refractivity contribution >= 4 is 17.6 Å². The zero-order valence-electron chi connectivity index (χ0n) is 15.8. The van der Waals surface area contributed by atoms with Crippen molar-refractivity contribution in [3.63, 3.8) is 0 Å². The molecule has 2 aromatic carbocycles. The maximum Gasteiger partial charge on any atom is 0.338 e. The lowest BCUT2D eigenvalue weighted by Crippen LogP contribution is -2.30. The lowest BCUT2D eigenvalue weighted by Gasteiger charge is -2.15. The second-order valence-electron chi connectivity index (χ2n) is 6.55. The average Bonchev–Trinajstić information content (AvgIpc) is 2.57. The normalized spacial score (nSPS) is 11.8. The van der Waals surface area contributed by atoms with Gasteiger partial charge in [0.05, 0.1) is 11.7 Å². The summed E-state index contributed by atoms with van der Waals surface area (Å²) in [6.07, 6.45) is -0.850. The zero-order valence-corrected chi connectivity index (χ0v) is 15.8. The highest BCUT2D eigenvalue weighted by Gasteiger charge is 2.19. The van der Waals surface area contributed by atoms with Crippen molar-refractivity contribution in [1.29, 1.82) is 0 Å². The minimum absolute atomic E-state index is 0.0572. The number of amides is 1. The molecule has 0 saturated heterocycles. The summed E-state index contributed by atoms with van der Waals surface area (Å²) in [6, 6.07) is 12.4. The monoisotopic (exact) mass is 355 g/mol. The van der Waals surface area contributed by atoms with Gasteiger partial charge in [-0.05, 0) is 70.5 Å². The van der Waals surface area contributed by atoms with Crippen LogP contribution in [0.5, 0.6) is 5.75 Å². The summed E-state index contributed by atoms with van der Waals surface area (Å²) in [6.45, 7) is 9.31. The van der Waals surface area contributed by atoms with E-state index in [9.17, 15) is 9.59 Å². The molecule has 0 heterocycles. The van der Waals surface area contributed by atoms with Crippen LogP contribution < -0.4 is 10.1 Å². The smallest absolute Gasteiger partial charge is 0.338 e. The molecular formula is C21H25NO4. The second-order valence-corrected chi connectivity index (χ2v) is 6.55. The van der Waals surface area contributed by atoms with Gasteiger partial charge in [0.15, 0.2) is 6.10 Å². The van der Waals surface area contributed by atoms with Crippen molar-refractivity contribution in [1.82, 2.24) is 0 Å². The van der Waals surface area contributed by atoms with Crippen LogP contribution in [0.2, 0.25) is 0 Å². The first-order chi connectivity index (χ1) is 12.3. The molecule has 1 amide bonds. The second kappa shape index (κ2) is 8.52. The number of benzene rings is 2. The quantitative estimate of drug-likeness (QED) is 0.786.